The minimum atomic E-state index is -0.579. The Kier molecular flexibility index (Phi) is 6.50. The quantitative estimate of drug-likeness (QED) is 0.560. The highest BCUT2D eigenvalue weighted by molar-refractivity contribution is 14.1. The number of amides is 2. The number of likely N-dealkylation sites (tertiary alicyclic amines) is 1. The molecule has 20 heavy (non-hydrogen) atoms. The van der Waals surface area contributed by atoms with Gasteiger partial charge in [-0.3, -0.25) is 8.32 Å². The van der Waals surface area contributed by atoms with Crippen molar-refractivity contribution in [3.63, 3.8) is 0 Å². The molecule has 1 heterocycles. The molecule has 0 aliphatic carbocycles. The van der Waals surface area contributed by atoms with E-state index in [1.54, 1.807) is 0 Å². The summed E-state index contributed by atoms with van der Waals surface area (Å²) in [7, 11) is 1.30. The molecule has 0 aromatic heterocycles. The Hall–Kier alpha value is -0.570. The second kappa shape index (κ2) is 7.44. The Labute approximate surface area is 134 Å². The van der Waals surface area contributed by atoms with E-state index in [1.807, 2.05) is 25.7 Å². The predicted octanol–water partition coefficient (Wildman–Crippen LogP) is 1.69. The molecule has 2 amide bonds. The zero-order chi connectivity index (χ0) is 15.3. The average Bonchev–Trinajstić information content (AvgIpc) is 2.82. The minimum absolute atomic E-state index is 0.0305. The number of nitrogens with zero attached hydrogens (tertiary/aromatic N) is 1. The van der Waals surface area contributed by atoms with Crippen molar-refractivity contribution in [3.05, 3.63) is 0 Å². The van der Waals surface area contributed by atoms with Crippen molar-refractivity contribution in [1.82, 2.24) is 13.7 Å². The van der Waals surface area contributed by atoms with Gasteiger partial charge < -0.3 is 15.0 Å². The average molecular weight is 397 g/mol. The smallest absolute Gasteiger partial charge is 0.407 e. The lowest BCUT2D eigenvalue weighted by molar-refractivity contribution is -0.136. The SMILES string of the molecule is COC(=O)NC(C(=O)N1CCCC1CNI)C(C)(C)C. The van der Waals surface area contributed by atoms with Gasteiger partial charge in [0.25, 0.3) is 0 Å². The van der Waals surface area contributed by atoms with Crippen LogP contribution in [0.25, 0.3) is 0 Å². The van der Waals surface area contributed by atoms with Crippen LogP contribution in [-0.4, -0.2) is 49.2 Å². The maximum absolute atomic E-state index is 12.8. The van der Waals surface area contributed by atoms with Crippen molar-refractivity contribution in [1.29, 1.82) is 0 Å². The van der Waals surface area contributed by atoms with E-state index in [0.29, 0.717) is 0 Å². The second-order valence-corrected chi connectivity index (χ2v) is 6.86. The molecule has 0 bridgehead atoms. The summed E-state index contributed by atoms with van der Waals surface area (Å²) >= 11 is 2.09. The Morgan fingerprint density at radius 3 is 2.60 bits per heavy atom. The summed E-state index contributed by atoms with van der Waals surface area (Å²) in [6.45, 7) is 7.33. The Balaban J connectivity index is 2.84. The number of alkyl carbamates (subject to hydrolysis) is 1. The van der Waals surface area contributed by atoms with Crippen molar-refractivity contribution in [2.75, 3.05) is 20.2 Å². The van der Waals surface area contributed by atoms with Crippen molar-refractivity contribution in [2.45, 2.75) is 45.7 Å². The van der Waals surface area contributed by atoms with Crippen molar-refractivity contribution in [2.24, 2.45) is 5.41 Å². The van der Waals surface area contributed by atoms with Crippen LogP contribution in [0.1, 0.15) is 33.6 Å². The van der Waals surface area contributed by atoms with E-state index < -0.39 is 12.1 Å². The van der Waals surface area contributed by atoms with Gasteiger partial charge in [0.15, 0.2) is 0 Å². The summed E-state index contributed by atoms with van der Waals surface area (Å²) in [5, 5.41) is 2.67. The number of halogens is 1. The molecule has 0 aromatic rings. The molecule has 2 atom stereocenters. The lowest BCUT2D eigenvalue weighted by Crippen LogP contribution is -2.56. The van der Waals surface area contributed by atoms with Gasteiger partial charge in [-0.2, -0.15) is 0 Å². The van der Waals surface area contributed by atoms with Crippen LogP contribution < -0.4 is 8.85 Å². The summed E-state index contributed by atoms with van der Waals surface area (Å²) in [5.41, 5.74) is -0.365. The lowest BCUT2D eigenvalue weighted by Gasteiger charge is -2.35. The van der Waals surface area contributed by atoms with E-state index in [9.17, 15) is 9.59 Å². The van der Waals surface area contributed by atoms with Crippen LogP contribution in [0.15, 0.2) is 0 Å². The normalized spacial score (nSPS) is 20.6. The summed E-state index contributed by atoms with van der Waals surface area (Å²) in [4.78, 5) is 26.1. The number of rotatable bonds is 4. The number of nitrogens with one attached hydrogen (secondary N) is 2. The van der Waals surface area contributed by atoms with Crippen LogP contribution in [0.2, 0.25) is 0 Å². The van der Waals surface area contributed by atoms with Gasteiger partial charge in [-0.15, -0.1) is 0 Å². The van der Waals surface area contributed by atoms with Crippen molar-refractivity contribution in [3.8, 4) is 0 Å². The number of carbonyl (C=O) groups excluding carboxylic acids is 2. The summed E-state index contributed by atoms with van der Waals surface area (Å²) in [6, 6.07) is -0.381. The van der Waals surface area contributed by atoms with Gasteiger partial charge in [0, 0.05) is 42.0 Å². The molecule has 1 rings (SSSR count). The van der Waals surface area contributed by atoms with Crippen LogP contribution in [0, 0.1) is 5.41 Å². The summed E-state index contributed by atoms with van der Waals surface area (Å²) in [6.07, 6.45) is 1.43. The molecule has 0 aromatic carbocycles. The molecule has 0 radical (unpaired) electrons. The predicted molar refractivity (Wildman–Crippen MR) is 85.5 cm³/mol. The molecule has 2 unspecified atom stereocenters. The molecule has 2 N–H and O–H groups in total. The molecule has 1 aliphatic rings. The van der Waals surface area contributed by atoms with Crippen molar-refractivity contribution < 1.29 is 14.3 Å². The van der Waals surface area contributed by atoms with E-state index in [4.69, 9.17) is 0 Å². The van der Waals surface area contributed by atoms with Crippen LogP contribution >= 0.6 is 22.9 Å². The fourth-order valence-corrected chi connectivity index (χ4v) is 2.93. The van der Waals surface area contributed by atoms with Gasteiger partial charge in [0.2, 0.25) is 5.91 Å². The maximum Gasteiger partial charge on any atom is 0.407 e. The molecule has 1 fully saturated rings. The van der Waals surface area contributed by atoms with E-state index in [0.717, 1.165) is 25.9 Å². The van der Waals surface area contributed by atoms with E-state index in [-0.39, 0.29) is 17.4 Å². The zero-order valence-electron chi connectivity index (χ0n) is 12.5. The number of hydrogen-bond acceptors (Lipinski definition) is 4. The van der Waals surface area contributed by atoms with Crippen LogP contribution in [0.3, 0.4) is 0 Å². The monoisotopic (exact) mass is 397 g/mol. The summed E-state index contributed by atoms with van der Waals surface area (Å²) in [5.74, 6) is -0.0305. The minimum Gasteiger partial charge on any atom is -0.453 e. The molecular weight excluding hydrogens is 373 g/mol. The fourth-order valence-electron chi connectivity index (χ4n) is 2.42. The largest absolute Gasteiger partial charge is 0.453 e. The number of ether oxygens (including phenoxy) is 1. The van der Waals surface area contributed by atoms with Gasteiger partial charge >= 0.3 is 6.09 Å². The van der Waals surface area contributed by atoms with Crippen molar-refractivity contribution >= 4 is 34.9 Å². The van der Waals surface area contributed by atoms with Gasteiger partial charge in [-0.25, -0.2) is 4.79 Å². The third-order valence-electron chi connectivity index (χ3n) is 3.53. The first-order chi connectivity index (χ1) is 9.31. The second-order valence-electron chi connectivity index (χ2n) is 6.10. The molecule has 7 heteroatoms. The standard InChI is InChI=1S/C13H24IN3O3/c1-13(2,3)10(16-12(19)20-4)11(18)17-7-5-6-9(17)8-15-14/h9-10,15H,5-8H2,1-4H3,(H,16,19). The molecule has 1 aliphatic heterocycles. The maximum atomic E-state index is 12.8. The highest BCUT2D eigenvalue weighted by Gasteiger charge is 2.39. The van der Waals surface area contributed by atoms with Crippen LogP contribution in [0.5, 0.6) is 0 Å². The highest BCUT2D eigenvalue weighted by Crippen LogP contribution is 2.25. The lowest BCUT2D eigenvalue weighted by atomic mass is 9.85. The fraction of sp³-hybridized carbons (Fsp3) is 0.846. The van der Waals surface area contributed by atoms with E-state index in [2.05, 4.69) is 36.4 Å². The molecule has 0 spiro atoms. The van der Waals surface area contributed by atoms with Gasteiger partial charge in [-0.1, -0.05) is 20.8 Å². The van der Waals surface area contributed by atoms with Gasteiger partial charge in [0.1, 0.15) is 6.04 Å². The third kappa shape index (κ3) is 4.47. The first-order valence-corrected chi connectivity index (χ1v) is 7.87. The Morgan fingerprint density at radius 1 is 1.45 bits per heavy atom. The number of methoxy groups -OCH3 is 1. The highest BCUT2D eigenvalue weighted by atomic mass is 127. The molecule has 116 valence electrons. The summed E-state index contributed by atoms with van der Waals surface area (Å²) < 4.78 is 7.72. The van der Waals surface area contributed by atoms with Crippen LogP contribution in [-0.2, 0) is 9.53 Å². The number of carbonyl (C=O) groups is 2. The Morgan fingerprint density at radius 2 is 2.10 bits per heavy atom. The van der Waals surface area contributed by atoms with Gasteiger partial charge in [-0.05, 0) is 18.3 Å². The third-order valence-corrected chi connectivity index (χ3v) is 3.97. The molecule has 6 nitrogen and oxygen atoms in total. The Bertz CT molecular complexity index is 357. The van der Waals surface area contributed by atoms with E-state index >= 15 is 0 Å². The van der Waals surface area contributed by atoms with E-state index in [1.165, 1.54) is 7.11 Å². The number of hydrogen-bond donors (Lipinski definition) is 2. The first kappa shape index (κ1) is 17.5. The molecular formula is C13H24IN3O3. The van der Waals surface area contributed by atoms with Crippen LogP contribution in [0.4, 0.5) is 4.79 Å². The van der Waals surface area contributed by atoms with Gasteiger partial charge in [0.05, 0.1) is 7.11 Å². The molecule has 0 saturated carbocycles. The topological polar surface area (TPSA) is 70.7 Å². The zero-order valence-corrected chi connectivity index (χ0v) is 14.7. The first-order valence-electron chi connectivity index (χ1n) is 6.79. The molecule has 1 saturated heterocycles.